The van der Waals surface area contributed by atoms with Gasteiger partial charge in [-0.1, -0.05) is 25.1 Å². The lowest BCUT2D eigenvalue weighted by Crippen LogP contribution is -2.37. The lowest BCUT2D eigenvalue weighted by molar-refractivity contribution is 0.241. The summed E-state index contributed by atoms with van der Waals surface area (Å²) in [4.78, 5) is 7.07. The molecule has 0 amide bonds. The van der Waals surface area contributed by atoms with Gasteiger partial charge in [0, 0.05) is 30.7 Å². The molecular weight excluding hydrogens is 246 g/mol. The van der Waals surface area contributed by atoms with E-state index in [9.17, 15) is 0 Å². The van der Waals surface area contributed by atoms with Gasteiger partial charge in [-0.3, -0.25) is 9.88 Å². The number of rotatable bonds is 5. The van der Waals surface area contributed by atoms with E-state index >= 15 is 0 Å². The van der Waals surface area contributed by atoms with Gasteiger partial charge in [0.1, 0.15) is 0 Å². The number of nitrogens with zero attached hydrogens (tertiary/aromatic N) is 2. The summed E-state index contributed by atoms with van der Waals surface area (Å²) in [6.07, 6.45) is 4.57. The average Bonchev–Trinajstić information content (AvgIpc) is 2.93. The van der Waals surface area contributed by atoms with Crippen molar-refractivity contribution >= 4 is 10.9 Å². The Balaban J connectivity index is 1.78. The largest absolute Gasteiger partial charge is 0.315 e. The zero-order valence-electron chi connectivity index (χ0n) is 12.2. The standard InChI is InChI=1S/C17H23N3/c1-2-18-12-15-6-5-11-20(15)13-14-9-10-19-17-8-4-3-7-16(14)17/h3-4,7-10,15,18H,2,5-6,11-13H2,1H3. The minimum Gasteiger partial charge on any atom is -0.315 e. The molecular formula is C17H23N3. The summed E-state index contributed by atoms with van der Waals surface area (Å²) in [5.41, 5.74) is 2.51. The molecule has 1 fully saturated rings. The normalized spacial score (nSPS) is 19.8. The molecule has 2 aromatic rings. The maximum absolute atomic E-state index is 4.45. The van der Waals surface area contributed by atoms with Crippen molar-refractivity contribution in [1.82, 2.24) is 15.2 Å². The van der Waals surface area contributed by atoms with Crippen LogP contribution in [0.1, 0.15) is 25.3 Å². The molecule has 1 aliphatic rings. The first-order chi connectivity index (χ1) is 9.88. The van der Waals surface area contributed by atoms with Gasteiger partial charge in [-0.25, -0.2) is 0 Å². The van der Waals surface area contributed by atoms with E-state index < -0.39 is 0 Å². The fourth-order valence-corrected chi connectivity index (χ4v) is 3.16. The van der Waals surface area contributed by atoms with Crippen LogP contribution >= 0.6 is 0 Å². The number of hydrogen-bond acceptors (Lipinski definition) is 3. The van der Waals surface area contributed by atoms with E-state index in [0.717, 1.165) is 25.2 Å². The van der Waals surface area contributed by atoms with Crippen molar-refractivity contribution in [3.05, 3.63) is 42.1 Å². The Hall–Kier alpha value is -1.45. The summed E-state index contributed by atoms with van der Waals surface area (Å²) in [7, 11) is 0. The monoisotopic (exact) mass is 269 g/mol. The second-order valence-electron chi connectivity index (χ2n) is 5.56. The minimum absolute atomic E-state index is 0.682. The van der Waals surface area contributed by atoms with Crippen molar-refractivity contribution in [3.63, 3.8) is 0 Å². The first-order valence-electron chi connectivity index (χ1n) is 7.66. The first kappa shape index (κ1) is 13.5. The fourth-order valence-electron chi connectivity index (χ4n) is 3.16. The van der Waals surface area contributed by atoms with Crippen molar-refractivity contribution < 1.29 is 0 Å². The highest BCUT2D eigenvalue weighted by Crippen LogP contribution is 2.23. The molecule has 1 aromatic carbocycles. The molecule has 0 spiro atoms. The molecule has 2 heterocycles. The van der Waals surface area contributed by atoms with Crippen LogP contribution in [0.2, 0.25) is 0 Å². The molecule has 1 unspecified atom stereocenters. The Bertz CT molecular complexity index is 562. The van der Waals surface area contributed by atoms with Gasteiger partial charge in [-0.05, 0) is 43.6 Å². The van der Waals surface area contributed by atoms with E-state index in [4.69, 9.17) is 0 Å². The lowest BCUT2D eigenvalue weighted by Gasteiger charge is -2.25. The van der Waals surface area contributed by atoms with Crippen LogP contribution in [-0.2, 0) is 6.54 Å². The number of hydrogen-bond donors (Lipinski definition) is 1. The average molecular weight is 269 g/mol. The van der Waals surface area contributed by atoms with Crippen molar-refractivity contribution in [2.45, 2.75) is 32.4 Å². The highest BCUT2D eigenvalue weighted by molar-refractivity contribution is 5.81. The Morgan fingerprint density at radius 2 is 2.20 bits per heavy atom. The minimum atomic E-state index is 0.682. The Labute approximate surface area is 121 Å². The summed E-state index contributed by atoms with van der Waals surface area (Å²) in [5.74, 6) is 0. The number of likely N-dealkylation sites (N-methyl/N-ethyl adjacent to an activating group) is 1. The number of benzene rings is 1. The van der Waals surface area contributed by atoms with Crippen LogP contribution in [0.4, 0.5) is 0 Å². The second-order valence-corrected chi connectivity index (χ2v) is 5.56. The Kier molecular flexibility index (Phi) is 4.28. The van der Waals surface area contributed by atoms with Gasteiger partial charge >= 0.3 is 0 Å². The Morgan fingerprint density at radius 1 is 1.30 bits per heavy atom. The van der Waals surface area contributed by atoms with Crippen molar-refractivity contribution in [3.8, 4) is 0 Å². The van der Waals surface area contributed by atoms with Gasteiger partial charge in [0.25, 0.3) is 0 Å². The van der Waals surface area contributed by atoms with Gasteiger partial charge in [0.2, 0.25) is 0 Å². The van der Waals surface area contributed by atoms with E-state index in [0.29, 0.717) is 6.04 Å². The number of aromatic nitrogens is 1. The number of para-hydroxylation sites is 1. The van der Waals surface area contributed by atoms with E-state index in [-0.39, 0.29) is 0 Å². The van der Waals surface area contributed by atoms with Crippen molar-refractivity contribution in [1.29, 1.82) is 0 Å². The molecule has 1 N–H and O–H groups in total. The lowest BCUT2D eigenvalue weighted by atomic mass is 10.1. The molecule has 1 aliphatic heterocycles. The van der Waals surface area contributed by atoms with E-state index in [2.05, 4.69) is 52.5 Å². The zero-order chi connectivity index (χ0) is 13.8. The third-order valence-electron chi connectivity index (χ3n) is 4.24. The van der Waals surface area contributed by atoms with Crippen LogP contribution in [0.3, 0.4) is 0 Å². The third kappa shape index (κ3) is 2.84. The quantitative estimate of drug-likeness (QED) is 0.904. The number of likely N-dealkylation sites (tertiary alicyclic amines) is 1. The summed E-state index contributed by atoms with van der Waals surface area (Å²) in [5, 5.41) is 4.78. The third-order valence-corrected chi connectivity index (χ3v) is 4.24. The maximum Gasteiger partial charge on any atom is 0.0705 e. The SMILES string of the molecule is CCNCC1CCCN1Cc1ccnc2ccccc12. The number of nitrogens with one attached hydrogen (secondary N) is 1. The van der Waals surface area contributed by atoms with Crippen molar-refractivity contribution in [2.24, 2.45) is 0 Å². The molecule has 0 radical (unpaired) electrons. The predicted molar refractivity (Wildman–Crippen MR) is 83.7 cm³/mol. The molecule has 1 atom stereocenters. The van der Waals surface area contributed by atoms with Gasteiger partial charge in [-0.15, -0.1) is 0 Å². The molecule has 106 valence electrons. The second kappa shape index (κ2) is 6.33. The van der Waals surface area contributed by atoms with Gasteiger partial charge in [0.15, 0.2) is 0 Å². The van der Waals surface area contributed by atoms with Crippen LogP contribution in [0.5, 0.6) is 0 Å². The van der Waals surface area contributed by atoms with Crippen LogP contribution in [0, 0.1) is 0 Å². The van der Waals surface area contributed by atoms with Crippen molar-refractivity contribution in [2.75, 3.05) is 19.6 Å². The molecule has 1 aromatic heterocycles. The highest BCUT2D eigenvalue weighted by Gasteiger charge is 2.24. The van der Waals surface area contributed by atoms with Gasteiger partial charge < -0.3 is 5.32 Å². The molecule has 3 nitrogen and oxygen atoms in total. The molecule has 0 aliphatic carbocycles. The van der Waals surface area contributed by atoms with E-state index in [1.165, 1.54) is 30.3 Å². The maximum atomic E-state index is 4.45. The van der Waals surface area contributed by atoms with E-state index in [1.807, 2.05) is 6.20 Å². The van der Waals surface area contributed by atoms with Crippen LogP contribution in [0.25, 0.3) is 10.9 Å². The number of pyridine rings is 1. The summed E-state index contributed by atoms with van der Waals surface area (Å²) in [6.45, 7) is 6.60. The summed E-state index contributed by atoms with van der Waals surface area (Å²) >= 11 is 0. The molecule has 3 rings (SSSR count). The molecule has 0 bridgehead atoms. The van der Waals surface area contributed by atoms with Crippen LogP contribution in [0.15, 0.2) is 36.5 Å². The summed E-state index contributed by atoms with van der Waals surface area (Å²) < 4.78 is 0. The number of fused-ring (bicyclic) bond motifs is 1. The molecule has 1 saturated heterocycles. The van der Waals surface area contributed by atoms with Crippen LogP contribution < -0.4 is 5.32 Å². The van der Waals surface area contributed by atoms with Gasteiger partial charge in [-0.2, -0.15) is 0 Å². The topological polar surface area (TPSA) is 28.2 Å². The molecule has 0 saturated carbocycles. The van der Waals surface area contributed by atoms with E-state index in [1.54, 1.807) is 0 Å². The summed E-state index contributed by atoms with van der Waals surface area (Å²) in [6, 6.07) is 11.3. The van der Waals surface area contributed by atoms with Crippen LogP contribution in [-0.4, -0.2) is 35.6 Å². The highest BCUT2D eigenvalue weighted by atomic mass is 15.2. The molecule has 20 heavy (non-hydrogen) atoms. The smallest absolute Gasteiger partial charge is 0.0705 e. The Morgan fingerprint density at radius 3 is 3.10 bits per heavy atom. The fraction of sp³-hybridized carbons (Fsp3) is 0.471. The molecule has 3 heteroatoms. The first-order valence-corrected chi connectivity index (χ1v) is 7.66. The predicted octanol–water partition coefficient (Wildman–Crippen LogP) is 2.81. The zero-order valence-corrected chi connectivity index (χ0v) is 12.2. The van der Waals surface area contributed by atoms with Gasteiger partial charge in [0.05, 0.1) is 5.52 Å².